The van der Waals surface area contributed by atoms with Gasteiger partial charge in [-0.25, -0.2) is 9.50 Å². The summed E-state index contributed by atoms with van der Waals surface area (Å²) in [4.78, 5) is 31.4. The summed E-state index contributed by atoms with van der Waals surface area (Å²) in [7, 11) is 0. The molecule has 0 aliphatic carbocycles. The number of nitrogens with two attached hydrogens (primary N) is 1. The van der Waals surface area contributed by atoms with Crippen LogP contribution in [0.1, 0.15) is 48.5 Å². The molecule has 0 aliphatic rings. The fourth-order valence-corrected chi connectivity index (χ4v) is 4.06. The lowest BCUT2D eigenvalue weighted by Crippen LogP contribution is -2.16. The minimum Gasteiger partial charge on any atom is -0.493 e. The summed E-state index contributed by atoms with van der Waals surface area (Å²) in [5.41, 5.74) is 9.84. The number of rotatable bonds is 9. The lowest BCUT2D eigenvalue weighted by Gasteiger charge is -2.12. The largest absolute Gasteiger partial charge is 0.493 e. The molecule has 2 aromatic carbocycles. The Morgan fingerprint density at radius 3 is 2.57 bits per heavy atom. The number of ether oxygens (including phenoxy) is 1. The molecular formula is C27H29N5O3. The van der Waals surface area contributed by atoms with Gasteiger partial charge in [0.2, 0.25) is 5.91 Å². The highest BCUT2D eigenvalue weighted by atomic mass is 16.5. The van der Waals surface area contributed by atoms with E-state index in [2.05, 4.69) is 16.9 Å². The van der Waals surface area contributed by atoms with Crippen molar-refractivity contribution in [2.75, 3.05) is 6.61 Å². The van der Waals surface area contributed by atoms with Crippen LogP contribution in [0, 0.1) is 6.92 Å². The van der Waals surface area contributed by atoms with E-state index < -0.39 is 5.91 Å². The summed E-state index contributed by atoms with van der Waals surface area (Å²) in [5, 5.41) is 4.76. The highest BCUT2D eigenvalue weighted by Crippen LogP contribution is 2.29. The zero-order valence-corrected chi connectivity index (χ0v) is 20.2. The SMILES string of the molecule is CCCc1nc(C)c2c(=O)[nH]c(-c3cc(Cc4ccc(C=CC(N)=O)cc4)ccc3OCC)nn12. The maximum atomic E-state index is 13.0. The molecule has 0 saturated carbocycles. The van der Waals surface area contributed by atoms with Crippen LogP contribution in [0.5, 0.6) is 5.75 Å². The van der Waals surface area contributed by atoms with Crippen molar-refractivity contribution in [3.05, 3.63) is 87.1 Å². The predicted octanol–water partition coefficient (Wildman–Crippen LogP) is 3.83. The zero-order chi connectivity index (χ0) is 24.9. The number of hydrogen-bond donors (Lipinski definition) is 2. The van der Waals surface area contributed by atoms with Gasteiger partial charge in [-0.15, -0.1) is 5.10 Å². The number of primary amides is 1. The summed E-state index contributed by atoms with van der Waals surface area (Å²) in [5.74, 6) is 1.38. The van der Waals surface area contributed by atoms with Gasteiger partial charge >= 0.3 is 0 Å². The summed E-state index contributed by atoms with van der Waals surface area (Å²) in [6.07, 6.45) is 5.33. The number of aromatic nitrogens is 4. The van der Waals surface area contributed by atoms with Crippen molar-refractivity contribution in [2.45, 2.75) is 40.0 Å². The lowest BCUT2D eigenvalue weighted by atomic mass is 10.0. The summed E-state index contributed by atoms with van der Waals surface area (Å²) >= 11 is 0. The monoisotopic (exact) mass is 471 g/mol. The van der Waals surface area contributed by atoms with Gasteiger partial charge in [-0.3, -0.25) is 9.59 Å². The van der Waals surface area contributed by atoms with E-state index in [0.29, 0.717) is 35.8 Å². The molecule has 0 radical (unpaired) electrons. The number of carbonyl (C=O) groups is 1. The molecule has 2 heterocycles. The molecule has 0 aliphatic heterocycles. The Bertz CT molecular complexity index is 1450. The number of carbonyl (C=O) groups excluding carboxylic acids is 1. The van der Waals surface area contributed by atoms with Crippen LogP contribution in [0.2, 0.25) is 0 Å². The maximum Gasteiger partial charge on any atom is 0.277 e. The van der Waals surface area contributed by atoms with Gasteiger partial charge in [0.05, 0.1) is 17.9 Å². The molecule has 8 nitrogen and oxygen atoms in total. The van der Waals surface area contributed by atoms with Crippen LogP contribution < -0.4 is 16.0 Å². The molecule has 0 saturated heterocycles. The maximum absolute atomic E-state index is 13.0. The van der Waals surface area contributed by atoms with Gasteiger partial charge in [0, 0.05) is 12.5 Å². The van der Waals surface area contributed by atoms with Crippen molar-refractivity contribution in [3.63, 3.8) is 0 Å². The van der Waals surface area contributed by atoms with Crippen molar-refractivity contribution in [1.82, 2.24) is 19.6 Å². The molecule has 8 heteroatoms. The van der Waals surface area contributed by atoms with Crippen LogP contribution in [0.3, 0.4) is 0 Å². The Kier molecular flexibility index (Phi) is 7.10. The average Bonchev–Trinajstić information content (AvgIpc) is 3.15. The molecule has 180 valence electrons. The minimum atomic E-state index is -0.478. The Morgan fingerprint density at radius 1 is 1.14 bits per heavy atom. The van der Waals surface area contributed by atoms with Crippen LogP contribution in [-0.2, 0) is 17.6 Å². The average molecular weight is 472 g/mol. The smallest absolute Gasteiger partial charge is 0.277 e. The minimum absolute atomic E-state index is 0.227. The van der Waals surface area contributed by atoms with Crippen LogP contribution in [0.25, 0.3) is 23.0 Å². The highest BCUT2D eigenvalue weighted by molar-refractivity contribution is 5.90. The number of hydrogen-bond acceptors (Lipinski definition) is 5. The van der Waals surface area contributed by atoms with Crippen LogP contribution in [0.15, 0.2) is 53.3 Å². The third-order valence-electron chi connectivity index (χ3n) is 5.64. The molecule has 4 rings (SSSR count). The third kappa shape index (κ3) is 5.32. The number of aromatic amines is 1. The quantitative estimate of drug-likeness (QED) is 0.360. The van der Waals surface area contributed by atoms with Crippen molar-refractivity contribution in [2.24, 2.45) is 5.73 Å². The molecule has 0 fully saturated rings. The Hall–Kier alpha value is -4.20. The van der Waals surface area contributed by atoms with E-state index in [1.54, 1.807) is 10.6 Å². The number of nitrogens with one attached hydrogen (secondary N) is 1. The third-order valence-corrected chi connectivity index (χ3v) is 5.64. The Balaban J connectivity index is 1.72. The molecule has 1 amide bonds. The fraction of sp³-hybridized carbons (Fsp3) is 0.259. The normalized spacial score (nSPS) is 11.4. The van der Waals surface area contributed by atoms with Gasteiger partial charge in [0.25, 0.3) is 5.56 Å². The summed E-state index contributed by atoms with van der Waals surface area (Å²) < 4.78 is 7.52. The van der Waals surface area contributed by atoms with Crippen molar-refractivity contribution in [1.29, 1.82) is 0 Å². The molecule has 0 unspecified atom stereocenters. The first-order valence-electron chi connectivity index (χ1n) is 11.7. The molecule has 0 bridgehead atoms. The van der Waals surface area contributed by atoms with Crippen molar-refractivity contribution < 1.29 is 9.53 Å². The van der Waals surface area contributed by atoms with E-state index >= 15 is 0 Å². The van der Waals surface area contributed by atoms with E-state index in [4.69, 9.17) is 15.6 Å². The molecule has 0 spiro atoms. The van der Waals surface area contributed by atoms with E-state index in [1.807, 2.05) is 56.3 Å². The predicted molar refractivity (Wildman–Crippen MR) is 136 cm³/mol. The van der Waals surface area contributed by atoms with Crippen molar-refractivity contribution >= 4 is 17.5 Å². The summed E-state index contributed by atoms with van der Waals surface area (Å²) in [6, 6.07) is 13.8. The Morgan fingerprint density at radius 2 is 1.89 bits per heavy atom. The molecular weight excluding hydrogens is 442 g/mol. The van der Waals surface area contributed by atoms with E-state index in [9.17, 15) is 9.59 Å². The Labute approximate surface area is 203 Å². The number of fused-ring (bicyclic) bond motifs is 1. The number of H-pyrrole nitrogens is 1. The number of amides is 1. The van der Waals surface area contributed by atoms with Gasteiger partial charge in [-0.05, 0) is 61.6 Å². The van der Waals surface area contributed by atoms with Crippen molar-refractivity contribution in [3.8, 4) is 17.1 Å². The highest BCUT2D eigenvalue weighted by Gasteiger charge is 2.17. The second-order valence-electron chi connectivity index (χ2n) is 8.34. The first kappa shape index (κ1) is 23.9. The molecule has 3 N–H and O–H groups in total. The fourth-order valence-electron chi connectivity index (χ4n) is 4.06. The standard InChI is InChI=1S/C27H29N5O3/c1-4-6-24-29-17(3)25-27(34)30-26(31-32(24)25)21-16-20(11-13-22(21)35-5-2)15-19-9-7-18(8-10-19)12-14-23(28)33/h7-14,16H,4-6,15H2,1-3H3,(H2,28,33)(H,30,31,34). The number of aryl methyl sites for hydroxylation is 2. The molecule has 0 atom stereocenters. The molecule has 35 heavy (non-hydrogen) atoms. The van der Waals surface area contributed by atoms with E-state index in [1.165, 1.54) is 6.08 Å². The van der Waals surface area contributed by atoms with Gasteiger partial charge < -0.3 is 15.5 Å². The number of imidazole rings is 1. The van der Waals surface area contributed by atoms with Gasteiger partial charge in [-0.2, -0.15) is 0 Å². The molecule has 2 aromatic heterocycles. The van der Waals surface area contributed by atoms with Gasteiger partial charge in [0.1, 0.15) is 11.6 Å². The first-order chi connectivity index (χ1) is 16.9. The zero-order valence-electron chi connectivity index (χ0n) is 20.2. The molecule has 4 aromatic rings. The topological polar surface area (TPSA) is 115 Å². The van der Waals surface area contributed by atoms with Gasteiger partial charge in [-0.1, -0.05) is 37.3 Å². The second kappa shape index (κ2) is 10.4. The van der Waals surface area contributed by atoms with E-state index in [0.717, 1.165) is 40.9 Å². The van der Waals surface area contributed by atoms with Gasteiger partial charge in [0.15, 0.2) is 11.3 Å². The van der Waals surface area contributed by atoms with Crippen LogP contribution >= 0.6 is 0 Å². The number of benzene rings is 2. The van der Waals surface area contributed by atoms with Crippen LogP contribution in [0.4, 0.5) is 0 Å². The van der Waals surface area contributed by atoms with E-state index in [-0.39, 0.29) is 5.56 Å². The first-order valence-corrected chi connectivity index (χ1v) is 11.7. The lowest BCUT2D eigenvalue weighted by molar-refractivity contribution is -0.113. The second-order valence-corrected chi connectivity index (χ2v) is 8.34. The summed E-state index contributed by atoms with van der Waals surface area (Å²) in [6.45, 7) is 6.31. The van der Waals surface area contributed by atoms with Crippen LogP contribution in [-0.4, -0.2) is 32.1 Å². The number of nitrogens with zero attached hydrogens (tertiary/aromatic N) is 3.